The highest BCUT2D eigenvalue weighted by Gasteiger charge is 2.19. The van der Waals surface area contributed by atoms with E-state index in [9.17, 15) is 17.2 Å². The molecule has 0 aliphatic heterocycles. The maximum atomic E-state index is 13.8. The molecule has 0 aromatic heterocycles. The highest BCUT2D eigenvalue weighted by molar-refractivity contribution is 7.92. The molecule has 2 rings (SSSR count). The first kappa shape index (κ1) is 14.4. The fraction of sp³-hybridized carbons (Fsp3) is 0.0769. The summed E-state index contributed by atoms with van der Waals surface area (Å²) in [5.41, 5.74) is 5.98. The first-order valence-electron chi connectivity index (χ1n) is 5.69. The van der Waals surface area contributed by atoms with Crippen LogP contribution in [0.4, 0.5) is 14.5 Å². The van der Waals surface area contributed by atoms with E-state index in [1.807, 2.05) is 0 Å². The summed E-state index contributed by atoms with van der Waals surface area (Å²) in [7, 11) is -4.07. The van der Waals surface area contributed by atoms with Crippen molar-refractivity contribution in [2.24, 2.45) is 5.73 Å². The first-order valence-corrected chi connectivity index (χ1v) is 7.17. The molecule has 106 valence electrons. The Bertz CT molecular complexity index is 716. The van der Waals surface area contributed by atoms with Crippen LogP contribution in [-0.4, -0.2) is 8.42 Å². The third-order valence-corrected chi connectivity index (χ3v) is 4.03. The van der Waals surface area contributed by atoms with Crippen molar-refractivity contribution in [3.05, 3.63) is 59.7 Å². The largest absolute Gasteiger partial charge is 0.326 e. The minimum atomic E-state index is -4.07. The van der Waals surface area contributed by atoms with Gasteiger partial charge in [-0.2, -0.15) is 0 Å². The van der Waals surface area contributed by atoms with Gasteiger partial charge >= 0.3 is 0 Å². The number of halogens is 2. The monoisotopic (exact) mass is 298 g/mol. The Kier molecular flexibility index (Phi) is 4.01. The van der Waals surface area contributed by atoms with Gasteiger partial charge in [0.2, 0.25) is 0 Å². The minimum Gasteiger partial charge on any atom is -0.326 e. The third-order valence-electron chi connectivity index (χ3n) is 2.62. The van der Waals surface area contributed by atoms with Crippen LogP contribution in [0, 0.1) is 11.6 Å². The van der Waals surface area contributed by atoms with Crippen molar-refractivity contribution in [1.82, 2.24) is 0 Å². The third kappa shape index (κ3) is 3.12. The van der Waals surface area contributed by atoms with Crippen LogP contribution in [0.5, 0.6) is 0 Å². The molecule has 0 aliphatic rings. The number of nitrogens with one attached hydrogen (secondary N) is 1. The molecular weight excluding hydrogens is 286 g/mol. The predicted octanol–water partition coefficient (Wildman–Crippen LogP) is 2.22. The summed E-state index contributed by atoms with van der Waals surface area (Å²) in [6, 6.07) is 8.35. The molecule has 0 radical (unpaired) electrons. The molecule has 0 amide bonds. The zero-order valence-corrected chi connectivity index (χ0v) is 11.1. The average molecular weight is 298 g/mol. The Hall–Kier alpha value is -1.99. The maximum Gasteiger partial charge on any atom is 0.264 e. The Morgan fingerprint density at radius 1 is 1.05 bits per heavy atom. The molecule has 0 saturated carbocycles. The second-order valence-corrected chi connectivity index (χ2v) is 5.73. The van der Waals surface area contributed by atoms with E-state index in [-0.39, 0.29) is 12.2 Å². The number of nitrogens with two attached hydrogens (primary N) is 1. The van der Waals surface area contributed by atoms with Crippen LogP contribution in [0.2, 0.25) is 0 Å². The topological polar surface area (TPSA) is 72.2 Å². The molecule has 0 atom stereocenters. The number of hydrogen-bond acceptors (Lipinski definition) is 3. The molecule has 0 fully saturated rings. The van der Waals surface area contributed by atoms with Gasteiger partial charge in [0, 0.05) is 12.2 Å². The van der Waals surface area contributed by atoms with Crippen molar-refractivity contribution < 1.29 is 17.2 Å². The van der Waals surface area contributed by atoms with E-state index in [0.717, 1.165) is 24.3 Å². The van der Waals surface area contributed by atoms with Crippen molar-refractivity contribution in [1.29, 1.82) is 0 Å². The standard InChI is InChI=1S/C13H12F2N2O2S/c14-10-2-4-11(5-3-10)17-20(18,19)13-6-1-9(8-16)7-12(13)15/h1-7,17H,8,16H2. The zero-order chi connectivity index (χ0) is 14.8. The molecule has 0 bridgehead atoms. The summed E-state index contributed by atoms with van der Waals surface area (Å²) in [5, 5.41) is 0. The molecular formula is C13H12F2N2O2S. The number of hydrogen-bond donors (Lipinski definition) is 2. The SMILES string of the molecule is NCc1ccc(S(=O)(=O)Nc2ccc(F)cc2)c(F)c1. The summed E-state index contributed by atoms with van der Waals surface area (Å²) >= 11 is 0. The van der Waals surface area contributed by atoms with Gasteiger partial charge in [-0.1, -0.05) is 6.07 Å². The van der Waals surface area contributed by atoms with E-state index in [1.165, 1.54) is 18.2 Å². The van der Waals surface area contributed by atoms with Crippen molar-refractivity contribution in [2.45, 2.75) is 11.4 Å². The van der Waals surface area contributed by atoms with Gasteiger partial charge in [-0.3, -0.25) is 4.72 Å². The van der Waals surface area contributed by atoms with Gasteiger partial charge in [0.05, 0.1) is 0 Å². The summed E-state index contributed by atoms with van der Waals surface area (Å²) in [6.45, 7) is 0.114. The molecule has 0 aliphatic carbocycles. The molecule has 4 nitrogen and oxygen atoms in total. The van der Waals surface area contributed by atoms with Crippen LogP contribution in [0.25, 0.3) is 0 Å². The van der Waals surface area contributed by atoms with Crippen LogP contribution < -0.4 is 10.5 Å². The maximum absolute atomic E-state index is 13.8. The number of sulfonamides is 1. The Balaban J connectivity index is 2.33. The minimum absolute atomic E-state index is 0.114. The predicted molar refractivity (Wildman–Crippen MR) is 71.5 cm³/mol. The smallest absolute Gasteiger partial charge is 0.264 e. The summed E-state index contributed by atoms with van der Waals surface area (Å²) in [4.78, 5) is -0.487. The fourth-order valence-corrected chi connectivity index (χ4v) is 2.74. The van der Waals surface area contributed by atoms with E-state index in [0.29, 0.717) is 5.56 Å². The summed E-state index contributed by atoms with van der Waals surface area (Å²) < 4.78 is 52.7. The Labute approximate surface area is 115 Å². The number of benzene rings is 2. The van der Waals surface area contributed by atoms with E-state index in [4.69, 9.17) is 5.73 Å². The van der Waals surface area contributed by atoms with Crippen molar-refractivity contribution in [3.63, 3.8) is 0 Å². The van der Waals surface area contributed by atoms with Crippen molar-refractivity contribution in [2.75, 3.05) is 4.72 Å². The molecule has 0 unspecified atom stereocenters. The van der Waals surface area contributed by atoms with Gasteiger partial charge in [-0.15, -0.1) is 0 Å². The lowest BCUT2D eigenvalue weighted by Gasteiger charge is -2.09. The second-order valence-electron chi connectivity index (χ2n) is 4.08. The molecule has 20 heavy (non-hydrogen) atoms. The number of anilines is 1. The lowest BCUT2D eigenvalue weighted by Crippen LogP contribution is -2.15. The molecule has 3 N–H and O–H groups in total. The molecule has 2 aromatic carbocycles. The van der Waals surface area contributed by atoms with Crippen molar-refractivity contribution >= 4 is 15.7 Å². The lowest BCUT2D eigenvalue weighted by atomic mass is 10.2. The zero-order valence-electron chi connectivity index (χ0n) is 10.3. The Morgan fingerprint density at radius 3 is 2.25 bits per heavy atom. The quantitative estimate of drug-likeness (QED) is 0.909. The molecule has 0 heterocycles. The lowest BCUT2D eigenvalue weighted by molar-refractivity contribution is 0.569. The molecule has 0 spiro atoms. The highest BCUT2D eigenvalue weighted by atomic mass is 32.2. The molecule has 7 heteroatoms. The second kappa shape index (κ2) is 5.56. The highest BCUT2D eigenvalue weighted by Crippen LogP contribution is 2.20. The van der Waals surface area contributed by atoms with E-state index in [1.54, 1.807) is 0 Å². The van der Waals surface area contributed by atoms with Gasteiger partial charge in [0.15, 0.2) is 0 Å². The van der Waals surface area contributed by atoms with Gasteiger partial charge in [-0.25, -0.2) is 17.2 Å². The van der Waals surface area contributed by atoms with E-state index in [2.05, 4.69) is 4.72 Å². The van der Waals surface area contributed by atoms with E-state index >= 15 is 0 Å². The summed E-state index contributed by atoms with van der Waals surface area (Å²) in [6.07, 6.45) is 0. The Morgan fingerprint density at radius 2 is 1.70 bits per heavy atom. The average Bonchev–Trinajstić information content (AvgIpc) is 2.40. The normalized spacial score (nSPS) is 11.3. The van der Waals surface area contributed by atoms with Crippen LogP contribution in [-0.2, 0) is 16.6 Å². The number of rotatable bonds is 4. The first-order chi connectivity index (χ1) is 9.42. The molecule has 0 saturated heterocycles. The van der Waals surface area contributed by atoms with Gasteiger partial charge < -0.3 is 5.73 Å². The van der Waals surface area contributed by atoms with E-state index < -0.39 is 26.6 Å². The van der Waals surface area contributed by atoms with Gasteiger partial charge in [-0.05, 0) is 42.0 Å². The van der Waals surface area contributed by atoms with Gasteiger partial charge in [0.25, 0.3) is 10.0 Å². The van der Waals surface area contributed by atoms with Gasteiger partial charge in [0.1, 0.15) is 16.5 Å². The van der Waals surface area contributed by atoms with Crippen LogP contribution in [0.15, 0.2) is 47.4 Å². The van der Waals surface area contributed by atoms with Crippen LogP contribution in [0.1, 0.15) is 5.56 Å². The fourth-order valence-electron chi connectivity index (χ4n) is 1.62. The molecule has 2 aromatic rings. The van der Waals surface area contributed by atoms with Crippen LogP contribution >= 0.6 is 0 Å². The van der Waals surface area contributed by atoms with Crippen LogP contribution in [0.3, 0.4) is 0 Å². The van der Waals surface area contributed by atoms with Crippen molar-refractivity contribution in [3.8, 4) is 0 Å². The summed E-state index contributed by atoms with van der Waals surface area (Å²) in [5.74, 6) is -1.38.